The SMILES string of the molecule is COC1CC(c2cccc(C(C)(C)F)c2)c2ncnn2C1c1ncccc1-n1cnc(C)c1. The molecule has 1 aromatic carbocycles. The summed E-state index contributed by atoms with van der Waals surface area (Å²) in [6, 6.07) is 11.3. The van der Waals surface area contributed by atoms with E-state index in [9.17, 15) is 4.39 Å². The maximum absolute atomic E-state index is 14.7. The summed E-state index contributed by atoms with van der Waals surface area (Å²) in [5.74, 6) is 0.749. The van der Waals surface area contributed by atoms with Crippen molar-refractivity contribution in [3.05, 3.63) is 89.8 Å². The van der Waals surface area contributed by atoms with Crippen LogP contribution in [0.3, 0.4) is 0 Å². The van der Waals surface area contributed by atoms with Gasteiger partial charge in [-0.15, -0.1) is 0 Å². The lowest BCUT2D eigenvalue weighted by molar-refractivity contribution is 0.0405. The van der Waals surface area contributed by atoms with Crippen molar-refractivity contribution < 1.29 is 9.13 Å². The zero-order valence-corrected chi connectivity index (χ0v) is 19.2. The molecule has 170 valence electrons. The first-order valence-electron chi connectivity index (χ1n) is 11.0. The van der Waals surface area contributed by atoms with Gasteiger partial charge in [-0.2, -0.15) is 5.10 Å². The Bertz CT molecular complexity index is 1270. The number of hydrogen-bond acceptors (Lipinski definition) is 5. The quantitative estimate of drug-likeness (QED) is 0.451. The Morgan fingerprint density at radius 3 is 2.70 bits per heavy atom. The number of rotatable bonds is 5. The van der Waals surface area contributed by atoms with Crippen molar-refractivity contribution in [3.63, 3.8) is 0 Å². The molecule has 0 fully saturated rings. The second kappa shape index (κ2) is 8.19. The van der Waals surface area contributed by atoms with Crippen LogP contribution in [0.5, 0.6) is 0 Å². The number of aryl methyl sites for hydroxylation is 1. The average Bonchev–Trinajstić information content (AvgIpc) is 3.47. The fourth-order valence-electron chi connectivity index (χ4n) is 4.68. The molecule has 3 unspecified atom stereocenters. The summed E-state index contributed by atoms with van der Waals surface area (Å²) in [6.45, 7) is 5.10. The lowest BCUT2D eigenvalue weighted by atomic mass is 9.83. The summed E-state index contributed by atoms with van der Waals surface area (Å²) >= 11 is 0. The van der Waals surface area contributed by atoms with Gasteiger partial charge in [0.15, 0.2) is 0 Å². The number of methoxy groups -OCH3 is 1. The van der Waals surface area contributed by atoms with E-state index < -0.39 is 5.67 Å². The number of aromatic nitrogens is 6. The molecule has 7 nitrogen and oxygen atoms in total. The zero-order chi connectivity index (χ0) is 23.2. The van der Waals surface area contributed by atoms with E-state index >= 15 is 0 Å². The number of imidazole rings is 1. The monoisotopic (exact) mass is 446 g/mol. The van der Waals surface area contributed by atoms with Crippen LogP contribution >= 0.6 is 0 Å². The number of nitrogens with zero attached hydrogens (tertiary/aromatic N) is 6. The molecule has 5 rings (SSSR count). The molecule has 0 saturated carbocycles. The fourth-order valence-corrected chi connectivity index (χ4v) is 4.68. The van der Waals surface area contributed by atoms with E-state index in [1.807, 2.05) is 58.8 Å². The van der Waals surface area contributed by atoms with E-state index in [-0.39, 0.29) is 18.1 Å². The Hall–Kier alpha value is -3.39. The molecule has 0 N–H and O–H groups in total. The van der Waals surface area contributed by atoms with Crippen LogP contribution in [0, 0.1) is 6.92 Å². The second-order valence-corrected chi connectivity index (χ2v) is 9.00. The molecule has 0 spiro atoms. The topological polar surface area (TPSA) is 70.7 Å². The van der Waals surface area contributed by atoms with Crippen LogP contribution in [0.1, 0.15) is 60.6 Å². The maximum atomic E-state index is 14.7. The molecule has 0 aliphatic carbocycles. The summed E-state index contributed by atoms with van der Waals surface area (Å²) in [6.07, 6.45) is 7.58. The Balaban J connectivity index is 1.61. The predicted octanol–water partition coefficient (Wildman–Crippen LogP) is 4.51. The standard InChI is InChI=1S/C25H27FN6O/c1-16-13-31(15-29-16)20-9-6-10-27-22(20)23-21(33-4)12-19(24-28-14-30-32(23)24)17-7-5-8-18(11-17)25(2,3)26/h5-11,13-15,19,21,23H,12H2,1-4H3. The van der Waals surface area contributed by atoms with Gasteiger partial charge in [-0.1, -0.05) is 24.3 Å². The van der Waals surface area contributed by atoms with Gasteiger partial charge in [0.25, 0.3) is 0 Å². The molecule has 0 saturated heterocycles. The third-order valence-electron chi connectivity index (χ3n) is 6.36. The van der Waals surface area contributed by atoms with Crippen molar-refractivity contribution in [3.8, 4) is 5.69 Å². The van der Waals surface area contributed by atoms with Crippen LogP contribution < -0.4 is 0 Å². The fraction of sp³-hybridized carbons (Fsp3) is 0.360. The second-order valence-electron chi connectivity index (χ2n) is 9.00. The molecule has 0 amide bonds. The number of benzene rings is 1. The minimum Gasteiger partial charge on any atom is -0.379 e. The highest BCUT2D eigenvalue weighted by molar-refractivity contribution is 5.41. The number of hydrogen-bond donors (Lipinski definition) is 0. The zero-order valence-electron chi connectivity index (χ0n) is 19.2. The predicted molar refractivity (Wildman–Crippen MR) is 122 cm³/mol. The van der Waals surface area contributed by atoms with Crippen LogP contribution in [-0.2, 0) is 10.4 Å². The first-order valence-corrected chi connectivity index (χ1v) is 11.0. The molecule has 3 aromatic heterocycles. The third kappa shape index (κ3) is 3.84. The van der Waals surface area contributed by atoms with Crippen molar-refractivity contribution >= 4 is 0 Å². The van der Waals surface area contributed by atoms with Crippen molar-refractivity contribution in [2.24, 2.45) is 0 Å². The van der Waals surface area contributed by atoms with E-state index in [1.54, 1.807) is 39.8 Å². The van der Waals surface area contributed by atoms with Gasteiger partial charge in [-0.05, 0) is 50.5 Å². The molecule has 33 heavy (non-hydrogen) atoms. The number of halogens is 1. The molecule has 8 heteroatoms. The summed E-state index contributed by atoms with van der Waals surface area (Å²) in [4.78, 5) is 13.7. The average molecular weight is 447 g/mol. The van der Waals surface area contributed by atoms with E-state index in [0.717, 1.165) is 28.5 Å². The van der Waals surface area contributed by atoms with Gasteiger partial charge in [0.2, 0.25) is 0 Å². The van der Waals surface area contributed by atoms with E-state index in [1.165, 1.54) is 0 Å². The smallest absolute Gasteiger partial charge is 0.138 e. The molecule has 0 radical (unpaired) electrons. The maximum Gasteiger partial charge on any atom is 0.138 e. The molecular formula is C25H27FN6O. The lowest BCUT2D eigenvalue weighted by Gasteiger charge is -2.36. The third-order valence-corrected chi connectivity index (χ3v) is 6.36. The summed E-state index contributed by atoms with van der Waals surface area (Å²) < 4.78 is 24.5. The van der Waals surface area contributed by atoms with Gasteiger partial charge in [-0.3, -0.25) is 4.98 Å². The number of ether oxygens (including phenoxy) is 1. The molecule has 1 aliphatic rings. The Labute approximate surface area is 192 Å². The van der Waals surface area contributed by atoms with Crippen LogP contribution in [0.15, 0.2) is 61.4 Å². The first kappa shape index (κ1) is 21.5. The van der Waals surface area contributed by atoms with Gasteiger partial charge >= 0.3 is 0 Å². The van der Waals surface area contributed by atoms with Gasteiger partial charge < -0.3 is 9.30 Å². The Kier molecular flexibility index (Phi) is 5.32. The van der Waals surface area contributed by atoms with Crippen molar-refractivity contribution in [2.45, 2.75) is 50.9 Å². The molecule has 4 aromatic rings. The Morgan fingerprint density at radius 2 is 1.97 bits per heavy atom. The van der Waals surface area contributed by atoms with Gasteiger partial charge in [-0.25, -0.2) is 19.0 Å². The molecule has 4 heterocycles. The number of pyridine rings is 1. The van der Waals surface area contributed by atoms with Crippen molar-refractivity contribution in [2.75, 3.05) is 7.11 Å². The highest BCUT2D eigenvalue weighted by atomic mass is 19.1. The highest BCUT2D eigenvalue weighted by Crippen LogP contribution is 2.42. The lowest BCUT2D eigenvalue weighted by Crippen LogP contribution is -2.37. The van der Waals surface area contributed by atoms with E-state index in [4.69, 9.17) is 9.72 Å². The van der Waals surface area contributed by atoms with Crippen molar-refractivity contribution in [1.29, 1.82) is 0 Å². The van der Waals surface area contributed by atoms with Crippen LogP contribution in [-0.4, -0.2) is 42.5 Å². The van der Waals surface area contributed by atoms with Crippen LogP contribution in [0.2, 0.25) is 0 Å². The van der Waals surface area contributed by atoms with Gasteiger partial charge in [0.05, 0.1) is 29.5 Å². The molecule has 1 aliphatic heterocycles. The summed E-state index contributed by atoms with van der Waals surface area (Å²) in [5, 5.41) is 4.59. The number of alkyl halides is 1. The van der Waals surface area contributed by atoms with Gasteiger partial charge in [0, 0.05) is 25.4 Å². The minimum atomic E-state index is -1.42. The van der Waals surface area contributed by atoms with Crippen molar-refractivity contribution in [1.82, 2.24) is 29.3 Å². The number of fused-ring (bicyclic) bond motifs is 1. The van der Waals surface area contributed by atoms with Crippen LogP contribution in [0.25, 0.3) is 5.69 Å². The molecular weight excluding hydrogens is 419 g/mol. The normalized spacial score (nSPS) is 20.6. The Morgan fingerprint density at radius 1 is 1.12 bits per heavy atom. The van der Waals surface area contributed by atoms with E-state index in [0.29, 0.717) is 12.0 Å². The molecule has 0 bridgehead atoms. The summed E-state index contributed by atoms with van der Waals surface area (Å²) in [5.41, 5.74) is 2.91. The first-order chi connectivity index (χ1) is 15.9. The molecule has 3 atom stereocenters. The van der Waals surface area contributed by atoms with Crippen LogP contribution in [0.4, 0.5) is 4.39 Å². The summed E-state index contributed by atoms with van der Waals surface area (Å²) in [7, 11) is 1.71. The minimum absolute atomic E-state index is 0.0707. The van der Waals surface area contributed by atoms with Gasteiger partial charge in [0.1, 0.15) is 23.9 Å². The largest absolute Gasteiger partial charge is 0.379 e. The highest BCUT2D eigenvalue weighted by Gasteiger charge is 2.40. The van der Waals surface area contributed by atoms with E-state index in [2.05, 4.69) is 15.1 Å².